The van der Waals surface area contributed by atoms with Gasteiger partial charge in [-0.3, -0.25) is 14.4 Å². The number of nitrogens with one attached hydrogen (secondary N) is 1. The second-order valence-electron chi connectivity index (χ2n) is 9.86. The number of hydrogen-bond acceptors (Lipinski definition) is 5. The molecule has 190 valence electrons. The molecule has 0 fully saturated rings. The van der Waals surface area contributed by atoms with Gasteiger partial charge in [0.15, 0.2) is 0 Å². The molecular weight excluding hydrogens is 430 g/mol. The molecule has 0 bridgehead atoms. The lowest BCUT2D eigenvalue weighted by Crippen LogP contribution is -2.28. The van der Waals surface area contributed by atoms with Crippen molar-refractivity contribution in [3.63, 3.8) is 0 Å². The van der Waals surface area contributed by atoms with Gasteiger partial charge >= 0.3 is 0 Å². The first kappa shape index (κ1) is 28.0. The number of aromatic amines is 1. The monoisotopic (exact) mass is 473 g/mol. The van der Waals surface area contributed by atoms with E-state index in [9.17, 15) is 24.6 Å². The van der Waals surface area contributed by atoms with Crippen LogP contribution in [0.4, 0.5) is 0 Å². The van der Waals surface area contributed by atoms with Crippen LogP contribution >= 0.6 is 0 Å². The zero-order valence-electron chi connectivity index (χ0n) is 21.1. The van der Waals surface area contributed by atoms with Crippen LogP contribution in [-0.4, -0.2) is 32.4 Å². The summed E-state index contributed by atoms with van der Waals surface area (Å²) in [6.07, 6.45) is 15.7. The molecule has 6 nitrogen and oxygen atoms in total. The molecule has 0 saturated carbocycles. The van der Waals surface area contributed by atoms with E-state index in [1.54, 1.807) is 0 Å². The van der Waals surface area contributed by atoms with Crippen molar-refractivity contribution in [2.24, 2.45) is 0 Å². The van der Waals surface area contributed by atoms with Crippen LogP contribution in [0.15, 0.2) is 22.5 Å². The molecule has 0 spiro atoms. The van der Waals surface area contributed by atoms with Gasteiger partial charge in [-0.15, -0.1) is 0 Å². The Kier molecular flexibility index (Phi) is 11.7. The second-order valence-corrected chi connectivity index (χ2v) is 9.86. The molecule has 0 saturated heterocycles. The number of fused-ring (bicyclic) bond motifs is 1. The topological polar surface area (TPSA) is 107 Å². The van der Waals surface area contributed by atoms with Gasteiger partial charge < -0.3 is 15.2 Å². The number of hydrogen-bond donors (Lipinski definition) is 3. The highest BCUT2D eigenvalue weighted by Gasteiger charge is 2.33. The molecule has 1 aromatic heterocycles. The second kappa shape index (κ2) is 14.2. The molecular formula is C28H43NO5. The van der Waals surface area contributed by atoms with Gasteiger partial charge in [0.25, 0.3) is 0 Å². The maximum atomic E-state index is 12.4. The maximum Gasteiger partial charge on any atom is 0.248 e. The molecule has 0 radical (unpaired) electrons. The van der Waals surface area contributed by atoms with Crippen LogP contribution < -0.4 is 5.56 Å². The number of allylic oxidation sites excluding steroid dienone is 1. The lowest BCUT2D eigenvalue weighted by Gasteiger charge is -2.28. The molecule has 1 aromatic rings. The molecule has 1 heterocycles. The highest BCUT2D eigenvalue weighted by atomic mass is 16.3. The van der Waals surface area contributed by atoms with Crippen molar-refractivity contribution in [3.05, 3.63) is 39.3 Å². The number of aliphatic hydroxyl groups is 2. The molecule has 6 heteroatoms. The van der Waals surface area contributed by atoms with Gasteiger partial charge in [0, 0.05) is 11.6 Å². The minimum Gasteiger partial charge on any atom is -0.505 e. The van der Waals surface area contributed by atoms with E-state index < -0.39 is 22.7 Å². The van der Waals surface area contributed by atoms with Crippen LogP contribution in [0.25, 0.3) is 5.76 Å². The number of carbonyl (C=O) groups excluding carboxylic acids is 2. The Balaban J connectivity index is 1.73. The van der Waals surface area contributed by atoms with Crippen LogP contribution in [0.1, 0.15) is 133 Å². The van der Waals surface area contributed by atoms with Crippen molar-refractivity contribution >= 4 is 17.3 Å². The van der Waals surface area contributed by atoms with Gasteiger partial charge in [-0.2, -0.15) is 0 Å². The quantitative estimate of drug-likeness (QED) is 0.179. The average molecular weight is 474 g/mol. The summed E-state index contributed by atoms with van der Waals surface area (Å²) in [5, 5.41) is 21.5. The fraction of sp³-hybridized carbons (Fsp3) is 0.679. The van der Waals surface area contributed by atoms with Gasteiger partial charge in [0.05, 0.1) is 16.9 Å². The smallest absolute Gasteiger partial charge is 0.248 e. The maximum absolute atomic E-state index is 12.4. The predicted molar refractivity (Wildman–Crippen MR) is 136 cm³/mol. The number of unbranched alkanes of at least 4 members (excludes halogenated alkanes) is 9. The van der Waals surface area contributed by atoms with E-state index in [4.69, 9.17) is 0 Å². The van der Waals surface area contributed by atoms with Crippen molar-refractivity contribution in [1.29, 1.82) is 0 Å². The van der Waals surface area contributed by atoms with Gasteiger partial charge in [0.2, 0.25) is 17.1 Å². The summed E-state index contributed by atoms with van der Waals surface area (Å²) in [6, 6.07) is 2.47. The van der Waals surface area contributed by atoms with E-state index in [1.165, 1.54) is 37.8 Å². The van der Waals surface area contributed by atoms with Gasteiger partial charge in [-0.05, 0) is 38.2 Å². The fourth-order valence-corrected chi connectivity index (χ4v) is 4.85. The van der Waals surface area contributed by atoms with Gasteiger partial charge in [-0.25, -0.2) is 0 Å². The van der Waals surface area contributed by atoms with Crippen LogP contribution in [0.2, 0.25) is 0 Å². The van der Waals surface area contributed by atoms with Crippen LogP contribution in [0.3, 0.4) is 0 Å². The van der Waals surface area contributed by atoms with Crippen molar-refractivity contribution in [2.45, 2.75) is 122 Å². The zero-order chi connectivity index (χ0) is 25.0. The Morgan fingerprint density at radius 2 is 1.26 bits per heavy atom. The van der Waals surface area contributed by atoms with E-state index in [2.05, 4.69) is 18.8 Å². The molecule has 34 heavy (non-hydrogen) atoms. The third kappa shape index (κ3) is 8.23. The van der Waals surface area contributed by atoms with Crippen LogP contribution in [0, 0.1) is 0 Å². The number of aromatic nitrogens is 1. The molecule has 0 aromatic carbocycles. The van der Waals surface area contributed by atoms with E-state index in [0.717, 1.165) is 64.2 Å². The third-order valence-corrected chi connectivity index (χ3v) is 6.98. The number of aliphatic hydroxyl groups excluding tert-OH is 1. The first-order valence-electron chi connectivity index (χ1n) is 13.3. The first-order valence-corrected chi connectivity index (χ1v) is 13.3. The Labute approximate surface area is 203 Å². The molecule has 0 amide bonds. The third-order valence-electron chi connectivity index (χ3n) is 6.98. The fourth-order valence-electron chi connectivity index (χ4n) is 4.85. The highest BCUT2D eigenvalue weighted by molar-refractivity contribution is 6.52. The number of rotatable bonds is 17. The zero-order valence-corrected chi connectivity index (χ0v) is 21.1. The summed E-state index contributed by atoms with van der Waals surface area (Å²) >= 11 is 0. The number of H-pyrrole nitrogens is 1. The molecule has 3 N–H and O–H groups in total. The summed E-state index contributed by atoms with van der Waals surface area (Å²) in [7, 11) is 0. The first-order chi connectivity index (χ1) is 16.3. The normalized spacial score (nSPS) is 14.1. The molecule has 1 aliphatic rings. The minimum atomic E-state index is -0.678. The SMILES string of the molecule is CCCCCC(O)(CCCCC)CCCCCCCCC1=C(O)c2[nH]c(=O)ccc2C(=O)C1=O. The molecule has 0 atom stereocenters. The Bertz CT molecular complexity index is 888. The predicted octanol–water partition coefficient (Wildman–Crippen LogP) is 6.42. The summed E-state index contributed by atoms with van der Waals surface area (Å²) in [5.74, 6) is -1.63. The number of ketones is 2. The van der Waals surface area contributed by atoms with Gasteiger partial charge in [0.1, 0.15) is 5.76 Å². The molecule has 1 aliphatic carbocycles. The van der Waals surface area contributed by atoms with E-state index in [0.29, 0.717) is 12.8 Å². The standard InChI is InChI=1S/C28H43NO5/c1-3-5-12-18-28(34,19-13-6-4-2)20-14-10-8-7-9-11-15-22-25(31)24-21(26(32)27(22)33)16-17-23(30)29-24/h16-17,31,34H,3-15,18-20H2,1-2H3,(H,29,30). The lowest BCUT2D eigenvalue weighted by molar-refractivity contribution is -0.112. The van der Waals surface area contributed by atoms with Crippen molar-refractivity contribution in [3.8, 4) is 0 Å². The Morgan fingerprint density at radius 1 is 0.735 bits per heavy atom. The highest BCUT2D eigenvalue weighted by Crippen LogP contribution is 2.30. The summed E-state index contributed by atoms with van der Waals surface area (Å²) < 4.78 is 0. The number of pyridine rings is 1. The Morgan fingerprint density at radius 3 is 1.85 bits per heavy atom. The van der Waals surface area contributed by atoms with E-state index >= 15 is 0 Å². The van der Waals surface area contributed by atoms with Crippen molar-refractivity contribution in [1.82, 2.24) is 4.98 Å². The molecule has 0 unspecified atom stereocenters. The van der Waals surface area contributed by atoms with Gasteiger partial charge in [-0.1, -0.05) is 84.5 Å². The van der Waals surface area contributed by atoms with Crippen molar-refractivity contribution < 1.29 is 19.8 Å². The van der Waals surface area contributed by atoms with Crippen LogP contribution in [-0.2, 0) is 4.79 Å². The summed E-state index contributed by atoms with van der Waals surface area (Å²) in [6.45, 7) is 4.38. The minimum absolute atomic E-state index is 0.0511. The summed E-state index contributed by atoms with van der Waals surface area (Å²) in [4.78, 5) is 38.7. The van der Waals surface area contributed by atoms with Crippen LogP contribution in [0.5, 0.6) is 0 Å². The number of Topliss-reactive ketones (excluding diaryl/α,β-unsaturated/α-hetero) is 2. The average Bonchev–Trinajstić information content (AvgIpc) is 2.81. The Hall–Kier alpha value is -2.21. The largest absolute Gasteiger partial charge is 0.505 e. The molecule has 0 aliphatic heterocycles. The van der Waals surface area contributed by atoms with E-state index in [-0.39, 0.29) is 22.6 Å². The van der Waals surface area contributed by atoms with Crippen molar-refractivity contribution in [2.75, 3.05) is 0 Å². The number of carbonyl (C=O) groups is 2. The lowest BCUT2D eigenvalue weighted by atomic mass is 9.85. The summed E-state index contributed by atoms with van der Waals surface area (Å²) in [5.41, 5.74) is -0.731. The van der Waals surface area contributed by atoms with E-state index in [1.807, 2.05) is 0 Å². The molecule has 2 rings (SSSR count).